The van der Waals surface area contributed by atoms with Crippen LogP contribution in [0, 0.1) is 0 Å². The van der Waals surface area contributed by atoms with Crippen LogP contribution in [0.25, 0.3) is 0 Å². The van der Waals surface area contributed by atoms with Crippen molar-refractivity contribution in [3.8, 4) is 0 Å². The molecule has 0 bridgehead atoms. The van der Waals surface area contributed by atoms with Crippen molar-refractivity contribution in [1.82, 2.24) is 4.90 Å². The van der Waals surface area contributed by atoms with Crippen LogP contribution in [0.15, 0.2) is 0 Å². The highest BCUT2D eigenvalue weighted by molar-refractivity contribution is 4.82. The van der Waals surface area contributed by atoms with E-state index in [4.69, 9.17) is 9.84 Å². The van der Waals surface area contributed by atoms with E-state index in [1.165, 1.54) is 0 Å². The largest absolute Gasteiger partial charge is 0.395 e. The molecular weight excluding hydrogens is 178 g/mol. The van der Waals surface area contributed by atoms with Crippen molar-refractivity contribution in [3.63, 3.8) is 0 Å². The standard InChI is InChI=1S/C11H23NO2/c1-4-12(7-8-13)9-10-5-6-11(2,3)14-10/h10,13H,4-9H2,1-3H3. The number of nitrogens with zero attached hydrogens (tertiary/aromatic N) is 1. The first kappa shape index (κ1) is 12.0. The fraction of sp³-hybridized carbons (Fsp3) is 1.00. The fourth-order valence-electron chi connectivity index (χ4n) is 2.01. The Balaban J connectivity index is 2.30. The van der Waals surface area contributed by atoms with Crippen molar-refractivity contribution >= 4 is 0 Å². The lowest BCUT2D eigenvalue weighted by Gasteiger charge is -2.25. The van der Waals surface area contributed by atoms with Crippen molar-refractivity contribution in [2.75, 3.05) is 26.2 Å². The van der Waals surface area contributed by atoms with Crippen LogP contribution >= 0.6 is 0 Å². The number of aliphatic hydroxyl groups is 1. The zero-order valence-electron chi connectivity index (χ0n) is 9.62. The van der Waals surface area contributed by atoms with Crippen molar-refractivity contribution < 1.29 is 9.84 Å². The molecule has 0 amide bonds. The molecule has 1 unspecified atom stereocenters. The molecule has 84 valence electrons. The third kappa shape index (κ3) is 3.56. The molecule has 0 saturated carbocycles. The molecule has 1 saturated heterocycles. The summed E-state index contributed by atoms with van der Waals surface area (Å²) in [5, 5.41) is 8.86. The van der Waals surface area contributed by atoms with E-state index in [9.17, 15) is 0 Å². The first-order valence-corrected chi connectivity index (χ1v) is 5.58. The van der Waals surface area contributed by atoms with Gasteiger partial charge in [-0.05, 0) is 33.2 Å². The van der Waals surface area contributed by atoms with E-state index in [0.717, 1.165) is 32.5 Å². The Kier molecular flexibility index (Phi) is 4.35. The van der Waals surface area contributed by atoms with Gasteiger partial charge in [0.25, 0.3) is 0 Å². The molecule has 14 heavy (non-hydrogen) atoms. The van der Waals surface area contributed by atoms with Crippen molar-refractivity contribution in [1.29, 1.82) is 0 Å². The first-order chi connectivity index (χ1) is 6.57. The lowest BCUT2D eigenvalue weighted by atomic mass is 10.1. The van der Waals surface area contributed by atoms with E-state index in [2.05, 4.69) is 25.7 Å². The second kappa shape index (κ2) is 5.10. The Bertz CT molecular complexity index is 171. The summed E-state index contributed by atoms with van der Waals surface area (Å²) in [5.74, 6) is 0. The maximum absolute atomic E-state index is 8.86. The van der Waals surface area contributed by atoms with Gasteiger partial charge in [0.15, 0.2) is 0 Å². The Morgan fingerprint density at radius 3 is 2.64 bits per heavy atom. The maximum Gasteiger partial charge on any atom is 0.0710 e. The van der Waals surface area contributed by atoms with E-state index in [-0.39, 0.29) is 12.2 Å². The minimum Gasteiger partial charge on any atom is -0.395 e. The molecule has 0 radical (unpaired) electrons. The molecule has 1 N–H and O–H groups in total. The van der Waals surface area contributed by atoms with Gasteiger partial charge >= 0.3 is 0 Å². The number of likely N-dealkylation sites (N-methyl/N-ethyl adjacent to an activating group) is 1. The summed E-state index contributed by atoms with van der Waals surface area (Å²) in [4.78, 5) is 2.24. The Labute approximate surface area is 87.1 Å². The first-order valence-electron chi connectivity index (χ1n) is 5.58. The highest BCUT2D eigenvalue weighted by Crippen LogP contribution is 2.29. The summed E-state index contributed by atoms with van der Waals surface area (Å²) in [7, 11) is 0. The molecule has 3 heteroatoms. The molecule has 1 fully saturated rings. The summed E-state index contributed by atoms with van der Waals surface area (Å²) in [5.41, 5.74) is 0.0588. The molecule has 0 aromatic carbocycles. The molecular formula is C11H23NO2. The van der Waals surface area contributed by atoms with Gasteiger partial charge in [-0.2, -0.15) is 0 Å². The van der Waals surface area contributed by atoms with Crippen LogP contribution in [0.4, 0.5) is 0 Å². The number of aliphatic hydroxyl groups excluding tert-OH is 1. The predicted molar refractivity (Wildman–Crippen MR) is 57.4 cm³/mol. The third-order valence-corrected chi connectivity index (χ3v) is 2.88. The molecule has 3 nitrogen and oxygen atoms in total. The molecule has 1 aliphatic rings. The van der Waals surface area contributed by atoms with Gasteiger partial charge in [0.2, 0.25) is 0 Å². The average Bonchev–Trinajstić information content (AvgIpc) is 2.45. The molecule has 1 atom stereocenters. The highest BCUT2D eigenvalue weighted by atomic mass is 16.5. The van der Waals surface area contributed by atoms with Gasteiger partial charge in [-0.3, -0.25) is 4.90 Å². The van der Waals surface area contributed by atoms with Gasteiger partial charge in [-0.25, -0.2) is 0 Å². The van der Waals surface area contributed by atoms with Crippen molar-refractivity contribution in [2.45, 2.75) is 45.3 Å². The minimum atomic E-state index is 0.0588. The Hall–Kier alpha value is -0.120. The zero-order chi connectivity index (χ0) is 10.6. The number of hydrogen-bond donors (Lipinski definition) is 1. The molecule has 1 aliphatic heterocycles. The van der Waals surface area contributed by atoms with Gasteiger partial charge in [0.1, 0.15) is 0 Å². The number of ether oxygens (including phenoxy) is 1. The minimum absolute atomic E-state index is 0.0588. The Morgan fingerprint density at radius 2 is 2.21 bits per heavy atom. The summed E-state index contributed by atoms with van der Waals surface area (Å²) >= 11 is 0. The predicted octanol–water partition coefficient (Wildman–Crippen LogP) is 1.26. The van der Waals surface area contributed by atoms with Crippen LogP contribution in [0.5, 0.6) is 0 Å². The van der Waals surface area contributed by atoms with E-state index in [1.54, 1.807) is 0 Å². The SMILES string of the molecule is CCN(CCO)CC1CCC(C)(C)O1. The highest BCUT2D eigenvalue weighted by Gasteiger charge is 2.32. The number of rotatable bonds is 5. The lowest BCUT2D eigenvalue weighted by molar-refractivity contribution is -0.0293. The van der Waals surface area contributed by atoms with Crippen LogP contribution in [0.1, 0.15) is 33.6 Å². The molecule has 0 aliphatic carbocycles. The second-order valence-corrected chi connectivity index (χ2v) is 4.66. The smallest absolute Gasteiger partial charge is 0.0710 e. The van der Waals surface area contributed by atoms with Crippen LogP contribution < -0.4 is 0 Å². The summed E-state index contributed by atoms with van der Waals surface area (Å²) in [6, 6.07) is 0. The average molecular weight is 201 g/mol. The van der Waals surface area contributed by atoms with Gasteiger partial charge in [-0.15, -0.1) is 0 Å². The lowest BCUT2D eigenvalue weighted by Crippen LogP contribution is -2.35. The van der Waals surface area contributed by atoms with Gasteiger partial charge in [0.05, 0.1) is 18.3 Å². The van der Waals surface area contributed by atoms with Gasteiger partial charge in [-0.1, -0.05) is 6.92 Å². The van der Waals surface area contributed by atoms with Gasteiger partial charge < -0.3 is 9.84 Å². The van der Waals surface area contributed by atoms with Crippen LogP contribution in [-0.2, 0) is 4.74 Å². The van der Waals surface area contributed by atoms with E-state index >= 15 is 0 Å². The maximum atomic E-state index is 8.86. The number of hydrogen-bond acceptors (Lipinski definition) is 3. The molecule has 1 rings (SSSR count). The van der Waals surface area contributed by atoms with E-state index in [1.807, 2.05) is 0 Å². The van der Waals surface area contributed by atoms with Crippen molar-refractivity contribution in [2.24, 2.45) is 0 Å². The van der Waals surface area contributed by atoms with E-state index in [0.29, 0.717) is 6.10 Å². The third-order valence-electron chi connectivity index (χ3n) is 2.88. The molecule has 1 heterocycles. The van der Waals surface area contributed by atoms with Crippen LogP contribution in [0.2, 0.25) is 0 Å². The monoisotopic (exact) mass is 201 g/mol. The Morgan fingerprint density at radius 1 is 1.50 bits per heavy atom. The molecule has 0 aromatic rings. The molecule has 0 aromatic heterocycles. The topological polar surface area (TPSA) is 32.7 Å². The quantitative estimate of drug-likeness (QED) is 0.727. The van der Waals surface area contributed by atoms with Crippen LogP contribution in [0.3, 0.4) is 0 Å². The molecule has 0 spiro atoms. The summed E-state index contributed by atoms with van der Waals surface area (Å²) < 4.78 is 5.90. The van der Waals surface area contributed by atoms with Crippen LogP contribution in [-0.4, -0.2) is 48.0 Å². The van der Waals surface area contributed by atoms with Crippen molar-refractivity contribution in [3.05, 3.63) is 0 Å². The zero-order valence-corrected chi connectivity index (χ0v) is 9.62. The fourth-order valence-corrected chi connectivity index (χ4v) is 2.01. The summed E-state index contributed by atoms with van der Waals surface area (Å²) in [6.07, 6.45) is 2.65. The normalized spacial score (nSPS) is 25.9. The second-order valence-electron chi connectivity index (χ2n) is 4.66. The van der Waals surface area contributed by atoms with Gasteiger partial charge in [0, 0.05) is 13.1 Å². The van der Waals surface area contributed by atoms with E-state index < -0.39 is 0 Å². The summed E-state index contributed by atoms with van der Waals surface area (Å²) in [6.45, 7) is 9.36.